The first-order valence-corrected chi connectivity index (χ1v) is 6.93. The van der Waals surface area contributed by atoms with E-state index >= 15 is 0 Å². The number of amides is 1. The fourth-order valence-corrected chi connectivity index (χ4v) is 2.21. The summed E-state index contributed by atoms with van der Waals surface area (Å²) in [5.41, 5.74) is 3.02. The Balaban J connectivity index is 1.68. The molecule has 0 bridgehead atoms. The number of rotatable bonds is 4. The molecular formula is C16H16N4O2. The molecular weight excluding hydrogens is 280 g/mol. The first-order chi connectivity index (χ1) is 10.6. The summed E-state index contributed by atoms with van der Waals surface area (Å²) in [6.07, 6.45) is 1.88. The van der Waals surface area contributed by atoms with Crippen LogP contribution in [-0.2, 0) is 13.6 Å². The molecule has 1 amide bonds. The van der Waals surface area contributed by atoms with Gasteiger partial charge in [0.05, 0.1) is 5.69 Å². The van der Waals surface area contributed by atoms with Gasteiger partial charge in [0.15, 0.2) is 11.5 Å². The predicted octanol–water partition coefficient (Wildman–Crippen LogP) is 2.31. The summed E-state index contributed by atoms with van der Waals surface area (Å²) >= 11 is 0. The maximum Gasteiger partial charge on any atom is 0.273 e. The molecule has 0 aliphatic carbocycles. The van der Waals surface area contributed by atoms with E-state index in [-0.39, 0.29) is 11.6 Å². The van der Waals surface area contributed by atoms with E-state index in [2.05, 4.69) is 15.6 Å². The Morgan fingerprint density at radius 3 is 2.77 bits per heavy atom. The lowest BCUT2D eigenvalue weighted by atomic mass is 10.1. The molecule has 6 nitrogen and oxygen atoms in total. The molecule has 0 aliphatic rings. The van der Waals surface area contributed by atoms with Crippen LogP contribution in [0.15, 0.2) is 47.1 Å². The van der Waals surface area contributed by atoms with Crippen LogP contribution in [0.25, 0.3) is 11.3 Å². The fraction of sp³-hybridized carbons (Fsp3) is 0.188. The maximum atomic E-state index is 12.1. The molecule has 0 saturated heterocycles. The summed E-state index contributed by atoms with van der Waals surface area (Å²) in [6.45, 7) is 2.32. The number of carbonyl (C=O) groups is 1. The average Bonchev–Trinajstić information content (AvgIpc) is 3.12. The van der Waals surface area contributed by atoms with E-state index in [4.69, 9.17) is 4.52 Å². The second-order valence-electron chi connectivity index (χ2n) is 5.04. The van der Waals surface area contributed by atoms with Gasteiger partial charge in [-0.3, -0.25) is 9.48 Å². The van der Waals surface area contributed by atoms with Gasteiger partial charge in [0.2, 0.25) is 0 Å². The van der Waals surface area contributed by atoms with Crippen LogP contribution in [0.5, 0.6) is 0 Å². The lowest BCUT2D eigenvalue weighted by molar-refractivity contribution is 0.0942. The Morgan fingerprint density at radius 2 is 2.09 bits per heavy atom. The number of aromatic nitrogens is 3. The highest BCUT2D eigenvalue weighted by atomic mass is 16.5. The Bertz CT molecular complexity index is 790. The first kappa shape index (κ1) is 14.1. The van der Waals surface area contributed by atoms with Crippen LogP contribution in [-0.4, -0.2) is 20.8 Å². The molecule has 0 atom stereocenters. The summed E-state index contributed by atoms with van der Waals surface area (Å²) in [5, 5.41) is 10.9. The van der Waals surface area contributed by atoms with E-state index in [9.17, 15) is 4.79 Å². The molecule has 0 aliphatic heterocycles. The summed E-state index contributed by atoms with van der Waals surface area (Å²) in [5.74, 6) is 0.303. The molecule has 112 valence electrons. The molecule has 6 heteroatoms. The maximum absolute atomic E-state index is 12.1. The van der Waals surface area contributed by atoms with E-state index in [1.54, 1.807) is 10.7 Å². The van der Waals surface area contributed by atoms with Gasteiger partial charge < -0.3 is 9.84 Å². The SMILES string of the molecule is Cc1nn(C)cc1CNC(=O)c1cc(-c2ccccc2)on1. The molecule has 0 fully saturated rings. The van der Waals surface area contributed by atoms with Crippen molar-refractivity contribution in [2.45, 2.75) is 13.5 Å². The van der Waals surface area contributed by atoms with E-state index in [1.807, 2.05) is 50.5 Å². The molecule has 0 unspecified atom stereocenters. The number of hydrogen-bond acceptors (Lipinski definition) is 4. The summed E-state index contributed by atoms with van der Waals surface area (Å²) < 4.78 is 6.95. The topological polar surface area (TPSA) is 73.0 Å². The Kier molecular flexibility index (Phi) is 3.74. The number of hydrogen-bond donors (Lipinski definition) is 1. The quantitative estimate of drug-likeness (QED) is 0.802. The molecule has 0 saturated carbocycles. The molecule has 1 aromatic carbocycles. The molecule has 1 N–H and O–H groups in total. The van der Waals surface area contributed by atoms with Crippen LogP contribution in [0.3, 0.4) is 0 Å². The lowest BCUT2D eigenvalue weighted by Gasteiger charge is -2.00. The second kappa shape index (κ2) is 5.85. The van der Waals surface area contributed by atoms with Crippen molar-refractivity contribution < 1.29 is 9.32 Å². The standard InChI is InChI=1S/C16H16N4O2/c1-11-13(10-20(2)18-11)9-17-16(21)14-8-15(22-19-14)12-6-4-3-5-7-12/h3-8,10H,9H2,1-2H3,(H,17,21). The molecule has 0 radical (unpaired) electrons. The van der Waals surface area contributed by atoms with E-state index in [1.165, 1.54) is 0 Å². The van der Waals surface area contributed by atoms with Gasteiger partial charge in [-0.2, -0.15) is 5.10 Å². The zero-order chi connectivity index (χ0) is 15.5. The van der Waals surface area contributed by atoms with Crippen LogP contribution >= 0.6 is 0 Å². The Labute approximate surface area is 127 Å². The Morgan fingerprint density at radius 1 is 1.32 bits per heavy atom. The van der Waals surface area contributed by atoms with E-state index < -0.39 is 0 Å². The van der Waals surface area contributed by atoms with Crippen molar-refractivity contribution in [2.75, 3.05) is 0 Å². The van der Waals surface area contributed by atoms with Crippen LogP contribution < -0.4 is 5.32 Å². The minimum absolute atomic E-state index is 0.264. The highest BCUT2D eigenvalue weighted by Gasteiger charge is 2.14. The third kappa shape index (κ3) is 2.90. The number of benzene rings is 1. The van der Waals surface area contributed by atoms with Crippen molar-refractivity contribution >= 4 is 5.91 Å². The van der Waals surface area contributed by atoms with Gasteiger partial charge in [-0.1, -0.05) is 35.5 Å². The average molecular weight is 296 g/mol. The summed E-state index contributed by atoms with van der Waals surface area (Å²) in [7, 11) is 1.85. The zero-order valence-corrected chi connectivity index (χ0v) is 12.4. The van der Waals surface area contributed by atoms with Crippen LogP contribution in [0.1, 0.15) is 21.7 Å². The third-order valence-electron chi connectivity index (χ3n) is 3.36. The van der Waals surface area contributed by atoms with Gasteiger partial charge in [0, 0.05) is 37.0 Å². The highest BCUT2D eigenvalue weighted by Crippen LogP contribution is 2.19. The van der Waals surface area contributed by atoms with Gasteiger partial charge >= 0.3 is 0 Å². The van der Waals surface area contributed by atoms with E-state index in [0.29, 0.717) is 12.3 Å². The van der Waals surface area contributed by atoms with Crippen LogP contribution in [0.4, 0.5) is 0 Å². The largest absolute Gasteiger partial charge is 0.355 e. The molecule has 3 aromatic rings. The molecule has 2 aromatic heterocycles. The van der Waals surface area contributed by atoms with Crippen molar-refractivity contribution in [3.8, 4) is 11.3 Å². The smallest absolute Gasteiger partial charge is 0.273 e. The van der Waals surface area contributed by atoms with Crippen molar-refractivity contribution in [1.82, 2.24) is 20.3 Å². The van der Waals surface area contributed by atoms with Gasteiger partial charge in [0.1, 0.15) is 0 Å². The molecule has 0 spiro atoms. The third-order valence-corrected chi connectivity index (χ3v) is 3.36. The van der Waals surface area contributed by atoms with Gasteiger partial charge in [-0.15, -0.1) is 0 Å². The molecule has 22 heavy (non-hydrogen) atoms. The number of nitrogens with one attached hydrogen (secondary N) is 1. The molecule has 3 rings (SSSR count). The minimum atomic E-state index is -0.269. The van der Waals surface area contributed by atoms with Crippen molar-refractivity contribution in [1.29, 1.82) is 0 Å². The molecule has 2 heterocycles. The highest BCUT2D eigenvalue weighted by molar-refractivity contribution is 5.93. The van der Waals surface area contributed by atoms with Crippen LogP contribution in [0.2, 0.25) is 0 Å². The Hall–Kier alpha value is -2.89. The second-order valence-corrected chi connectivity index (χ2v) is 5.04. The summed E-state index contributed by atoms with van der Waals surface area (Å²) in [6, 6.07) is 11.2. The lowest BCUT2D eigenvalue weighted by Crippen LogP contribution is -2.23. The van der Waals surface area contributed by atoms with Gasteiger partial charge in [-0.05, 0) is 6.92 Å². The van der Waals surface area contributed by atoms with Crippen molar-refractivity contribution in [3.63, 3.8) is 0 Å². The van der Waals surface area contributed by atoms with Crippen molar-refractivity contribution in [3.05, 3.63) is 59.5 Å². The number of nitrogens with zero attached hydrogens (tertiary/aromatic N) is 3. The van der Waals surface area contributed by atoms with Crippen LogP contribution in [0, 0.1) is 6.92 Å². The zero-order valence-electron chi connectivity index (χ0n) is 12.4. The van der Waals surface area contributed by atoms with Gasteiger partial charge in [0.25, 0.3) is 5.91 Å². The number of aryl methyl sites for hydroxylation is 2. The first-order valence-electron chi connectivity index (χ1n) is 6.93. The number of carbonyl (C=O) groups excluding carboxylic acids is 1. The normalized spacial score (nSPS) is 10.6. The van der Waals surface area contributed by atoms with Gasteiger partial charge in [-0.25, -0.2) is 0 Å². The monoisotopic (exact) mass is 296 g/mol. The summed E-state index contributed by atoms with van der Waals surface area (Å²) in [4.78, 5) is 12.1. The van der Waals surface area contributed by atoms with Crippen molar-refractivity contribution in [2.24, 2.45) is 7.05 Å². The minimum Gasteiger partial charge on any atom is -0.355 e. The fourth-order valence-electron chi connectivity index (χ4n) is 2.21. The predicted molar refractivity (Wildman–Crippen MR) is 81.1 cm³/mol. The van der Waals surface area contributed by atoms with E-state index in [0.717, 1.165) is 16.8 Å².